The van der Waals surface area contributed by atoms with Crippen LogP contribution < -0.4 is 16.2 Å². The van der Waals surface area contributed by atoms with Gasteiger partial charge in [0.2, 0.25) is 0 Å². The van der Waals surface area contributed by atoms with Gasteiger partial charge in [-0.1, -0.05) is 6.07 Å². The van der Waals surface area contributed by atoms with E-state index >= 15 is 0 Å². The SMILES string of the molecule is CCN(Cc1ccc(C(=O)NN)o1)c1cccc(F)c1. The fourth-order valence-corrected chi connectivity index (χ4v) is 1.90. The van der Waals surface area contributed by atoms with Crippen LogP contribution in [-0.4, -0.2) is 12.5 Å². The van der Waals surface area contributed by atoms with E-state index in [4.69, 9.17) is 10.3 Å². The maximum atomic E-state index is 13.2. The van der Waals surface area contributed by atoms with E-state index in [1.807, 2.05) is 23.3 Å². The van der Waals surface area contributed by atoms with E-state index in [0.29, 0.717) is 18.8 Å². The summed E-state index contributed by atoms with van der Waals surface area (Å²) in [6, 6.07) is 9.59. The minimum absolute atomic E-state index is 0.151. The zero-order valence-electron chi connectivity index (χ0n) is 11.1. The molecular weight excluding hydrogens is 261 g/mol. The summed E-state index contributed by atoms with van der Waals surface area (Å²) in [5.41, 5.74) is 2.76. The number of furan rings is 1. The number of hydrazine groups is 1. The molecule has 0 aliphatic rings. The van der Waals surface area contributed by atoms with Crippen molar-refractivity contribution in [1.82, 2.24) is 5.43 Å². The number of nitrogens with two attached hydrogens (primary N) is 1. The molecule has 5 nitrogen and oxygen atoms in total. The molecule has 0 unspecified atom stereocenters. The minimum atomic E-state index is -0.481. The summed E-state index contributed by atoms with van der Waals surface area (Å²) >= 11 is 0. The highest BCUT2D eigenvalue weighted by Gasteiger charge is 2.12. The topological polar surface area (TPSA) is 71.5 Å². The first kappa shape index (κ1) is 14.1. The molecule has 0 radical (unpaired) electrons. The lowest BCUT2D eigenvalue weighted by molar-refractivity contribution is 0.0924. The van der Waals surface area contributed by atoms with Gasteiger partial charge in [0.15, 0.2) is 5.76 Å². The van der Waals surface area contributed by atoms with Crippen LogP contribution >= 0.6 is 0 Å². The Morgan fingerprint density at radius 1 is 1.40 bits per heavy atom. The predicted molar refractivity (Wildman–Crippen MR) is 73.5 cm³/mol. The van der Waals surface area contributed by atoms with Gasteiger partial charge in [-0.2, -0.15) is 0 Å². The number of carbonyl (C=O) groups excluding carboxylic acids is 1. The molecule has 1 amide bonds. The Bertz CT molecular complexity index is 598. The predicted octanol–water partition coefficient (Wildman–Crippen LogP) is 2.05. The van der Waals surface area contributed by atoms with E-state index in [-0.39, 0.29) is 11.6 Å². The number of carbonyl (C=O) groups is 1. The van der Waals surface area contributed by atoms with Crippen molar-refractivity contribution < 1.29 is 13.6 Å². The number of anilines is 1. The molecule has 0 bridgehead atoms. The van der Waals surface area contributed by atoms with E-state index in [1.165, 1.54) is 12.1 Å². The van der Waals surface area contributed by atoms with Crippen molar-refractivity contribution in [1.29, 1.82) is 0 Å². The second kappa shape index (κ2) is 6.21. The van der Waals surface area contributed by atoms with Gasteiger partial charge in [-0.15, -0.1) is 0 Å². The average molecular weight is 277 g/mol. The Morgan fingerprint density at radius 3 is 2.85 bits per heavy atom. The third kappa shape index (κ3) is 3.16. The van der Waals surface area contributed by atoms with E-state index < -0.39 is 5.91 Å². The molecule has 1 aromatic carbocycles. The molecule has 0 aliphatic heterocycles. The second-order valence-electron chi connectivity index (χ2n) is 4.23. The zero-order chi connectivity index (χ0) is 14.5. The number of halogens is 1. The third-order valence-corrected chi connectivity index (χ3v) is 2.92. The highest BCUT2D eigenvalue weighted by atomic mass is 19.1. The summed E-state index contributed by atoms with van der Waals surface area (Å²) in [6.07, 6.45) is 0. The molecule has 2 aromatic rings. The Morgan fingerprint density at radius 2 is 2.20 bits per heavy atom. The Kier molecular flexibility index (Phi) is 4.37. The normalized spacial score (nSPS) is 10.3. The quantitative estimate of drug-likeness (QED) is 0.498. The standard InChI is InChI=1S/C14H16FN3O2/c1-2-18(11-5-3-4-10(15)8-11)9-12-6-7-13(20-12)14(19)17-16/h3-8H,2,9,16H2,1H3,(H,17,19). The molecule has 0 saturated carbocycles. The first-order chi connectivity index (χ1) is 9.63. The maximum Gasteiger partial charge on any atom is 0.300 e. The smallest absolute Gasteiger partial charge is 0.300 e. The molecule has 6 heteroatoms. The van der Waals surface area contributed by atoms with E-state index in [2.05, 4.69) is 0 Å². The van der Waals surface area contributed by atoms with Crippen molar-refractivity contribution in [2.24, 2.45) is 5.84 Å². The van der Waals surface area contributed by atoms with E-state index in [0.717, 1.165) is 5.69 Å². The summed E-state index contributed by atoms with van der Waals surface area (Å²) in [6.45, 7) is 3.09. The summed E-state index contributed by atoms with van der Waals surface area (Å²) < 4.78 is 18.6. The van der Waals surface area contributed by atoms with Crippen LogP contribution in [0.1, 0.15) is 23.2 Å². The number of rotatable bonds is 5. The molecule has 1 heterocycles. The van der Waals surface area contributed by atoms with Gasteiger partial charge in [-0.25, -0.2) is 10.2 Å². The molecule has 0 fully saturated rings. The number of benzene rings is 1. The largest absolute Gasteiger partial charge is 0.454 e. The molecule has 20 heavy (non-hydrogen) atoms. The molecule has 0 saturated heterocycles. The number of amides is 1. The van der Waals surface area contributed by atoms with Crippen molar-refractivity contribution >= 4 is 11.6 Å². The Labute approximate surface area is 116 Å². The zero-order valence-corrected chi connectivity index (χ0v) is 11.1. The van der Waals surface area contributed by atoms with Gasteiger partial charge >= 0.3 is 5.91 Å². The highest BCUT2D eigenvalue weighted by molar-refractivity contribution is 5.90. The van der Waals surface area contributed by atoms with Crippen molar-refractivity contribution in [3.05, 3.63) is 53.7 Å². The fourth-order valence-electron chi connectivity index (χ4n) is 1.90. The lowest BCUT2D eigenvalue weighted by Crippen LogP contribution is -2.29. The first-order valence-electron chi connectivity index (χ1n) is 6.24. The Balaban J connectivity index is 2.14. The van der Waals surface area contributed by atoms with Gasteiger partial charge < -0.3 is 9.32 Å². The van der Waals surface area contributed by atoms with Gasteiger partial charge in [-0.3, -0.25) is 10.2 Å². The van der Waals surface area contributed by atoms with Crippen LogP contribution in [0.4, 0.5) is 10.1 Å². The molecule has 1 aromatic heterocycles. The molecule has 106 valence electrons. The van der Waals surface area contributed by atoms with Crippen molar-refractivity contribution in [2.75, 3.05) is 11.4 Å². The number of nitrogen functional groups attached to an aromatic ring is 1. The number of hydrogen-bond acceptors (Lipinski definition) is 4. The summed E-state index contributed by atoms with van der Waals surface area (Å²) in [4.78, 5) is 13.2. The first-order valence-corrected chi connectivity index (χ1v) is 6.24. The van der Waals surface area contributed by atoms with Gasteiger partial charge in [-0.05, 0) is 37.3 Å². The van der Waals surface area contributed by atoms with Crippen LogP contribution in [0.15, 0.2) is 40.8 Å². The molecule has 0 aliphatic carbocycles. The van der Waals surface area contributed by atoms with Crippen molar-refractivity contribution in [3.8, 4) is 0 Å². The molecule has 0 atom stereocenters. The number of hydrogen-bond donors (Lipinski definition) is 2. The summed E-state index contributed by atoms with van der Waals surface area (Å²) in [7, 11) is 0. The summed E-state index contributed by atoms with van der Waals surface area (Å²) in [5.74, 6) is 5.02. The molecule has 2 rings (SSSR count). The van der Waals surface area contributed by atoms with Crippen molar-refractivity contribution in [2.45, 2.75) is 13.5 Å². The highest BCUT2D eigenvalue weighted by Crippen LogP contribution is 2.19. The van der Waals surface area contributed by atoms with Crippen LogP contribution in [0.3, 0.4) is 0 Å². The lowest BCUT2D eigenvalue weighted by atomic mass is 10.2. The number of nitrogens with zero attached hydrogens (tertiary/aromatic N) is 1. The van der Waals surface area contributed by atoms with Crippen molar-refractivity contribution in [3.63, 3.8) is 0 Å². The Hall–Kier alpha value is -2.34. The van der Waals surface area contributed by atoms with Gasteiger partial charge in [0.05, 0.1) is 6.54 Å². The summed E-state index contributed by atoms with van der Waals surface area (Å²) in [5, 5.41) is 0. The molecule has 0 spiro atoms. The van der Waals surface area contributed by atoms with Crippen LogP contribution in [0.5, 0.6) is 0 Å². The minimum Gasteiger partial charge on any atom is -0.454 e. The molecule has 3 N–H and O–H groups in total. The van der Waals surface area contributed by atoms with E-state index in [9.17, 15) is 9.18 Å². The second-order valence-corrected chi connectivity index (χ2v) is 4.23. The third-order valence-electron chi connectivity index (χ3n) is 2.92. The van der Waals surface area contributed by atoms with Gasteiger partial charge in [0.1, 0.15) is 11.6 Å². The van der Waals surface area contributed by atoms with Crippen LogP contribution in [0.2, 0.25) is 0 Å². The monoisotopic (exact) mass is 277 g/mol. The van der Waals surface area contributed by atoms with Crippen LogP contribution in [0.25, 0.3) is 0 Å². The van der Waals surface area contributed by atoms with E-state index in [1.54, 1.807) is 18.2 Å². The van der Waals surface area contributed by atoms with Gasteiger partial charge in [0, 0.05) is 12.2 Å². The maximum absolute atomic E-state index is 13.2. The lowest BCUT2D eigenvalue weighted by Gasteiger charge is -2.21. The fraction of sp³-hybridized carbons (Fsp3) is 0.214. The van der Waals surface area contributed by atoms with Crippen LogP contribution in [0, 0.1) is 5.82 Å². The van der Waals surface area contributed by atoms with Crippen LogP contribution in [-0.2, 0) is 6.54 Å². The van der Waals surface area contributed by atoms with Gasteiger partial charge in [0.25, 0.3) is 0 Å². The number of nitrogens with one attached hydrogen (secondary N) is 1. The average Bonchev–Trinajstić information content (AvgIpc) is 2.92. The molecular formula is C14H16FN3O2.